The average molecular weight is 702 g/mol. The van der Waals surface area contributed by atoms with Gasteiger partial charge in [-0.1, -0.05) is 25.5 Å². The smallest absolute Gasteiger partial charge is 0.376 e. The van der Waals surface area contributed by atoms with Crippen LogP contribution in [0.15, 0.2) is 60.7 Å². The van der Waals surface area contributed by atoms with E-state index in [1.807, 2.05) is 27.0 Å². The summed E-state index contributed by atoms with van der Waals surface area (Å²) >= 11 is 0. The van der Waals surface area contributed by atoms with E-state index in [-0.39, 0.29) is 11.9 Å². The van der Waals surface area contributed by atoms with Gasteiger partial charge in [-0.3, -0.25) is 10.6 Å². The number of hydrogen-bond donors (Lipinski definition) is 7. The van der Waals surface area contributed by atoms with Gasteiger partial charge in [-0.25, -0.2) is 19.6 Å². The van der Waals surface area contributed by atoms with E-state index in [0.29, 0.717) is 53.3 Å². The fourth-order valence-electron chi connectivity index (χ4n) is 4.30. The largest absolute Gasteiger partial charge is 0.497 e. The Kier molecular flexibility index (Phi) is 16.2. The highest BCUT2D eigenvalue weighted by Gasteiger charge is 2.12. The Hall–Kier alpha value is -5.68. The molecule has 16 nitrogen and oxygen atoms in total. The summed E-state index contributed by atoms with van der Waals surface area (Å²) in [5.41, 5.74) is 2.72. The van der Waals surface area contributed by atoms with Crippen LogP contribution in [-0.4, -0.2) is 89.8 Å². The van der Waals surface area contributed by atoms with Crippen molar-refractivity contribution in [3.05, 3.63) is 72.1 Å². The second-order valence-corrected chi connectivity index (χ2v) is 11.4. The lowest BCUT2D eigenvalue weighted by Gasteiger charge is -2.17. The summed E-state index contributed by atoms with van der Waals surface area (Å²) in [4.78, 5) is 43.1. The third kappa shape index (κ3) is 14.8. The maximum Gasteiger partial charge on any atom is 0.376 e. The number of benzene rings is 2. The van der Waals surface area contributed by atoms with E-state index in [4.69, 9.17) is 9.47 Å². The SMILES string of the molecule is CCCCNc1cc(C)nc(NC(=O)Nc2cccc(OC)c2)n1.COc1cccc(NC(=O)Nc2nc(C)cc(NCCN(C)B(C)O)n2)c1. The Morgan fingerprint density at radius 3 is 1.65 bits per heavy atom. The number of carbonyl (C=O) groups is 2. The maximum atomic E-state index is 12.2. The number of hydrogen-bond acceptors (Lipinski definition) is 12. The zero-order valence-electron chi connectivity index (χ0n) is 30.2. The zero-order valence-corrected chi connectivity index (χ0v) is 30.2. The molecule has 0 bridgehead atoms. The Bertz CT molecular complexity index is 1710. The van der Waals surface area contributed by atoms with Crippen LogP contribution in [0.3, 0.4) is 0 Å². The predicted octanol–water partition coefficient (Wildman–Crippen LogP) is 5.54. The molecular weight excluding hydrogens is 653 g/mol. The lowest BCUT2D eigenvalue weighted by atomic mass is 9.86. The van der Waals surface area contributed by atoms with E-state index in [1.54, 1.807) is 80.5 Å². The molecule has 4 rings (SSSR count). The van der Waals surface area contributed by atoms with Crippen LogP contribution in [0, 0.1) is 13.8 Å². The number of nitrogens with one attached hydrogen (secondary N) is 6. The number of aromatic nitrogens is 4. The molecule has 4 aromatic rings. The summed E-state index contributed by atoms with van der Waals surface area (Å²) in [6.07, 6.45) is 2.16. The first-order chi connectivity index (χ1) is 24.5. The van der Waals surface area contributed by atoms with Gasteiger partial charge in [-0.2, -0.15) is 9.97 Å². The van der Waals surface area contributed by atoms with Crippen LogP contribution < -0.4 is 41.4 Å². The van der Waals surface area contributed by atoms with Crippen LogP contribution >= 0.6 is 0 Å². The van der Waals surface area contributed by atoms with Gasteiger partial charge in [0.25, 0.3) is 0 Å². The van der Waals surface area contributed by atoms with E-state index >= 15 is 0 Å². The van der Waals surface area contributed by atoms with Crippen LogP contribution in [0.2, 0.25) is 6.82 Å². The van der Waals surface area contributed by atoms with Crippen molar-refractivity contribution in [3.63, 3.8) is 0 Å². The quantitative estimate of drug-likeness (QED) is 0.0604. The number of nitrogens with zero attached hydrogens (tertiary/aromatic N) is 5. The molecule has 4 amide bonds. The topological polar surface area (TPSA) is 200 Å². The van der Waals surface area contributed by atoms with Crippen molar-refractivity contribution in [3.8, 4) is 11.5 Å². The van der Waals surface area contributed by atoms with E-state index in [2.05, 4.69) is 58.8 Å². The van der Waals surface area contributed by atoms with Crippen molar-refractivity contribution in [2.75, 3.05) is 72.8 Å². The summed E-state index contributed by atoms with van der Waals surface area (Å²) < 4.78 is 10.3. The van der Waals surface area contributed by atoms with Gasteiger partial charge in [0.2, 0.25) is 11.9 Å². The highest BCUT2D eigenvalue weighted by atomic mass is 16.5. The van der Waals surface area contributed by atoms with Gasteiger partial charge in [0, 0.05) is 66.7 Å². The van der Waals surface area contributed by atoms with Gasteiger partial charge in [0.1, 0.15) is 23.1 Å². The number of ether oxygens (including phenoxy) is 2. The molecule has 2 aromatic heterocycles. The summed E-state index contributed by atoms with van der Waals surface area (Å²) in [6.45, 7) is 9.58. The molecule has 0 radical (unpaired) electrons. The van der Waals surface area contributed by atoms with Gasteiger partial charge in [-0.05, 0) is 58.4 Å². The molecule has 2 aromatic carbocycles. The summed E-state index contributed by atoms with van der Waals surface area (Å²) in [6, 6.07) is 16.9. The molecule has 0 unspecified atom stereocenters. The van der Waals surface area contributed by atoms with E-state index < -0.39 is 19.1 Å². The first-order valence-corrected chi connectivity index (χ1v) is 16.5. The second kappa shape index (κ2) is 20.7. The van der Waals surface area contributed by atoms with Crippen LogP contribution in [0.4, 0.5) is 44.5 Å². The Morgan fingerprint density at radius 1 is 0.745 bits per heavy atom. The minimum Gasteiger partial charge on any atom is -0.497 e. The highest BCUT2D eigenvalue weighted by Crippen LogP contribution is 2.18. The molecule has 0 aliphatic heterocycles. The van der Waals surface area contributed by atoms with Gasteiger partial charge in [-0.15, -0.1) is 0 Å². The molecule has 0 aliphatic rings. The van der Waals surface area contributed by atoms with Gasteiger partial charge >= 0.3 is 19.1 Å². The number of urea groups is 2. The zero-order chi connectivity index (χ0) is 37.2. The molecule has 0 saturated heterocycles. The van der Waals surface area contributed by atoms with Crippen LogP contribution in [0.25, 0.3) is 0 Å². The van der Waals surface area contributed by atoms with Crippen LogP contribution in [-0.2, 0) is 0 Å². The van der Waals surface area contributed by atoms with Crippen LogP contribution in [0.1, 0.15) is 31.2 Å². The number of carbonyl (C=O) groups excluding carboxylic acids is 2. The highest BCUT2D eigenvalue weighted by molar-refractivity contribution is 6.45. The Balaban J connectivity index is 0.000000277. The third-order valence-corrected chi connectivity index (χ3v) is 7.06. The monoisotopic (exact) mass is 701 g/mol. The Labute approximate surface area is 299 Å². The van der Waals surface area contributed by atoms with Crippen molar-refractivity contribution >= 4 is 54.0 Å². The van der Waals surface area contributed by atoms with Crippen molar-refractivity contribution in [2.24, 2.45) is 0 Å². The molecular formula is C34H48BN11O5. The minimum atomic E-state index is -0.517. The Morgan fingerprint density at radius 2 is 1.22 bits per heavy atom. The fourth-order valence-corrected chi connectivity index (χ4v) is 4.30. The van der Waals surface area contributed by atoms with Crippen molar-refractivity contribution in [1.29, 1.82) is 0 Å². The summed E-state index contributed by atoms with van der Waals surface area (Å²) in [7, 11) is 4.45. The van der Waals surface area contributed by atoms with Crippen LogP contribution in [0.5, 0.6) is 11.5 Å². The maximum absolute atomic E-state index is 12.2. The number of rotatable bonds is 15. The van der Waals surface area contributed by atoms with Gasteiger partial charge < -0.3 is 40.6 Å². The molecule has 0 fully saturated rings. The van der Waals surface area contributed by atoms with Gasteiger partial charge in [0.05, 0.1) is 14.2 Å². The number of aryl methyl sites for hydroxylation is 2. The molecule has 0 atom stereocenters. The van der Waals surface area contributed by atoms with E-state index in [9.17, 15) is 14.6 Å². The minimum absolute atomic E-state index is 0.196. The average Bonchev–Trinajstić information content (AvgIpc) is 3.08. The summed E-state index contributed by atoms with van der Waals surface area (Å²) in [5, 5.41) is 26.6. The number of likely N-dealkylation sites (N-methyl/N-ethyl adjacent to an activating group) is 1. The molecule has 2 heterocycles. The first kappa shape index (κ1) is 39.8. The molecule has 0 aliphatic carbocycles. The molecule has 7 N–H and O–H groups in total. The van der Waals surface area contributed by atoms with E-state index in [1.165, 1.54) is 0 Å². The fraction of sp³-hybridized carbons (Fsp3) is 0.353. The standard InChI is InChI=1S/C17H25BN6O3.C17H23N5O2/c1-12-10-15(19-8-9-24(3)18(2)26)22-16(20-12)23-17(25)21-13-6-5-7-14(11-13)27-4;1-4-5-9-18-15-10-12(2)19-16(21-15)22-17(23)20-13-7-6-8-14(11-13)24-3/h5-7,10-11,26H,8-9H2,1-4H3,(H3,19,20,21,22,23,25);6-8,10-11H,4-5,9H2,1-3H3,(H3,18,19,20,21,22,23). The summed E-state index contributed by atoms with van der Waals surface area (Å²) in [5.74, 6) is 3.07. The lowest BCUT2D eigenvalue weighted by Crippen LogP contribution is -2.36. The molecule has 0 saturated carbocycles. The molecule has 0 spiro atoms. The van der Waals surface area contributed by atoms with Crippen molar-refractivity contribution in [1.82, 2.24) is 24.7 Å². The number of methoxy groups -OCH3 is 2. The third-order valence-electron chi connectivity index (χ3n) is 7.06. The number of amides is 4. The second-order valence-electron chi connectivity index (χ2n) is 11.4. The first-order valence-electron chi connectivity index (χ1n) is 16.5. The molecule has 272 valence electrons. The van der Waals surface area contributed by atoms with Crippen molar-refractivity contribution < 1.29 is 24.1 Å². The lowest BCUT2D eigenvalue weighted by molar-refractivity contribution is 0.261. The number of unbranched alkanes of at least 4 members (excludes halogenated alkanes) is 1. The van der Waals surface area contributed by atoms with E-state index in [0.717, 1.165) is 25.1 Å². The normalized spacial score (nSPS) is 10.3. The molecule has 51 heavy (non-hydrogen) atoms. The molecule has 17 heteroatoms. The van der Waals surface area contributed by atoms with Crippen molar-refractivity contribution in [2.45, 2.75) is 40.4 Å². The number of anilines is 6. The van der Waals surface area contributed by atoms with Gasteiger partial charge in [0.15, 0.2) is 0 Å². The predicted molar refractivity (Wildman–Crippen MR) is 203 cm³/mol.